The van der Waals surface area contributed by atoms with Crippen LogP contribution in [0.2, 0.25) is 0 Å². The molecule has 0 radical (unpaired) electrons. The maximum Gasteiger partial charge on any atom is 0.327 e. The highest BCUT2D eigenvalue weighted by molar-refractivity contribution is 8.25. The molecule has 1 aromatic rings. The van der Waals surface area contributed by atoms with E-state index < -0.39 is 29.1 Å². The first-order valence-corrected chi connectivity index (χ1v) is 10.8. The lowest BCUT2D eigenvalue weighted by Crippen LogP contribution is -2.58. The molecule has 7 heteroatoms. The first kappa shape index (κ1) is 18.6. The Hall–Kier alpha value is -1.73. The molecule has 2 heterocycles. The predicted octanol–water partition coefficient (Wildman–Crippen LogP) is 3.65. The highest BCUT2D eigenvalue weighted by Crippen LogP contribution is 2.55. The maximum atomic E-state index is 13.2. The quantitative estimate of drug-likeness (QED) is 0.402. The number of Topliss-reactive ketones (excluding diaryl/α,β-unsaturated/α-hetero) is 1. The summed E-state index contributed by atoms with van der Waals surface area (Å²) in [6, 6.07) is 9.23. The molecule has 0 amide bonds. The number of rotatable bonds is 1. The molecule has 0 N–H and O–H groups in total. The number of ether oxygens (including phenoxy) is 2. The van der Waals surface area contributed by atoms with Crippen LogP contribution in [0, 0.1) is 5.41 Å². The highest BCUT2D eigenvalue weighted by atomic mass is 32.2. The van der Waals surface area contributed by atoms with Crippen molar-refractivity contribution in [3.05, 3.63) is 45.7 Å². The number of benzene rings is 1. The van der Waals surface area contributed by atoms with Crippen molar-refractivity contribution in [2.24, 2.45) is 5.41 Å². The number of carbonyl (C=O) groups is 3. The van der Waals surface area contributed by atoms with Gasteiger partial charge in [0.1, 0.15) is 0 Å². The van der Waals surface area contributed by atoms with Gasteiger partial charge in [0, 0.05) is 53.9 Å². The summed E-state index contributed by atoms with van der Waals surface area (Å²) in [6.07, 6.45) is 0.128. The predicted molar refractivity (Wildman–Crippen MR) is 104 cm³/mol. The second-order valence-electron chi connectivity index (χ2n) is 7.38. The van der Waals surface area contributed by atoms with Crippen molar-refractivity contribution in [3.8, 4) is 0 Å². The SMILES string of the molecule is CC1(C)OC(=O)C2(CC(=C3SCCS3)C(=O)CC2c2ccccc2)C(=O)O1. The van der Waals surface area contributed by atoms with E-state index >= 15 is 0 Å². The summed E-state index contributed by atoms with van der Waals surface area (Å²) < 4.78 is 11.9. The Balaban J connectivity index is 1.84. The van der Waals surface area contributed by atoms with Gasteiger partial charge in [-0.2, -0.15) is 0 Å². The minimum absolute atomic E-state index is 0.00295. The largest absolute Gasteiger partial charge is 0.422 e. The van der Waals surface area contributed by atoms with E-state index in [-0.39, 0.29) is 18.6 Å². The summed E-state index contributed by atoms with van der Waals surface area (Å²) in [5, 5.41) is 0. The van der Waals surface area contributed by atoms with E-state index in [0.717, 1.165) is 21.3 Å². The third-order valence-electron chi connectivity index (χ3n) is 5.18. The van der Waals surface area contributed by atoms with Crippen LogP contribution in [-0.2, 0) is 23.9 Å². The molecule has 2 aliphatic heterocycles. The number of carbonyl (C=O) groups excluding carboxylic acids is 3. The zero-order valence-corrected chi connectivity index (χ0v) is 16.8. The molecule has 0 aromatic heterocycles. The number of thioether (sulfide) groups is 2. The van der Waals surface area contributed by atoms with Gasteiger partial charge in [0.25, 0.3) is 5.79 Å². The molecule has 0 bridgehead atoms. The minimum Gasteiger partial charge on any atom is -0.422 e. The number of hydrogen-bond donors (Lipinski definition) is 0. The Kier molecular flexibility index (Phi) is 4.63. The lowest BCUT2D eigenvalue weighted by Gasteiger charge is -2.46. The van der Waals surface area contributed by atoms with E-state index in [1.165, 1.54) is 0 Å². The maximum absolute atomic E-state index is 13.2. The van der Waals surface area contributed by atoms with Gasteiger partial charge in [-0.1, -0.05) is 30.3 Å². The molecule has 1 atom stereocenters. The van der Waals surface area contributed by atoms with Crippen molar-refractivity contribution in [3.63, 3.8) is 0 Å². The molecule has 3 fully saturated rings. The summed E-state index contributed by atoms with van der Waals surface area (Å²) in [4.78, 5) is 39.3. The fourth-order valence-electron chi connectivity index (χ4n) is 3.90. The van der Waals surface area contributed by atoms with Gasteiger partial charge < -0.3 is 9.47 Å². The van der Waals surface area contributed by atoms with Gasteiger partial charge >= 0.3 is 11.9 Å². The normalized spacial score (nSPS) is 26.9. The van der Waals surface area contributed by atoms with Crippen LogP contribution in [0.4, 0.5) is 0 Å². The van der Waals surface area contributed by atoms with Crippen LogP contribution in [0.3, 0.4) is 0 Å². The second kappa shape index (κ2) is 6.71. The Labute approximate surface area is 166 Å². The summed E-state index contributed by atoms with van der Waals surface area (Å²) >= 11 is 3.23. The minimum atomic E-state index is -1.52. The fraction of sp³-hybridized carbons (Fsp3) is 0.450. The van der Waals surface area contributed by atoms with Crippen molar-refractivity contribution in [1.82, 2.24) is 0 Å². The number of cyclic esters (lactones) is 2. The molecule has 1 saturated carbocycles. The van der Waals surface area contributed by atoms with Gasteiger partial charge in [-0.15, -0.1) is 23.5 Å². The van der Waals surface area contributed by atoms with Gasteiger partial charge in [-0.25, -0.2) is 0 Å². The fourth-order valence-corrected chi connectivity index (χ4v) is 6.49. The molecule has 2 saturated heterocycles. The Morgan fingerprint density at radius 2 is 1.56 bits per heavy atom. The third kappa shape index (κ3) is 3.10. The van der Waals surface area contributed by atoms with Crippen LogP contribution < -0.4 is 0 Å². The van der Waals surface area contributed by atoms with Gasteiger partial charge in [0.05, 0.1) is 0 Å². The van der Waals surface area contributed by atoms with E-state index in [1.807, 2.05) is 30.3 Å². The molecule has 3 aliphatic rings. The van der Waals surface area contributed by atoms with Crippen molar-refractivity contribution in [2.45, 2.75) is 38.4 Å². The van der Waals surface area contributed by atoms with Crippen LogP contribution in [0.25, 0.3) is 0 Å². The first-order valence-electron chi connectivity index (χ1n) is 8.87. The van der Waals surface area contributed by atoms with Gasteiger partial charge in [-0.05, 0) is 5.56 Å². The zero-order chi connectivity index (χ0) is 19.2. The van der Waals surface area contributed by atoms with E-state index in [9.17, 15) is 14.4 Å². The topological polar surface area (TPSA) is 69.7 Å². The zero-order valence-electron chi connectivity index (χ0n) is 15.2. The molecule has 27 heavy (non-hydrogen) atoms. The Morgan fingerprint density at radius 1 is 0.963 bits per heavy atom. The molecule has 1 aromatic carbocycles. The van der Waals surface area contributed by atoms with E-state index in [4.69, 9.17) is 9.47 Å². The summed E-state index contributed by atoms with van der Waals surface area (Å²) in [5.74, 6) is -1.25. The van der Waals surface area contributed by atoms with Crippen molar-refractivity contribution >= 4 is 41.2 Å². The molecule has 142 valence electrons. The molecular weight excluding hydrogens is 384 g/mol. The van der Waals surface area contributed by atoms with Crippen LogP contribution >= 0.6 is 23.5 Å². The lowest BCUT2D eigenvalue weighted by molar-refractivity contribution is -0.253. The van der Waals surface area contributed by atoms with Crippen LogP contribution in [0.15, 0.2) is 40.1 Å². The van der Waals surface area contributed by atoms with Crippen molar-refractivity contribution in [2.75, 3.05) is 11.5 Å². The molecule has 4 rings (SSSR count). The van der Waals surface area contributed by atoms with Crippen LogP contribution in [0.1, 0.15) is 38.2 Å². The molecule has 1 unspecified atom stereocenters. The summed E-state index contributed by atoms with van der Waals surface area (Å²) in [7, 11) is 0. The molecule has 5 nitrogen and oxygen atoms in total. The monoisotopic (exact) mass is 404 g/mol. The highest BCUT2D eigenvalue weighted by Gasteiger charge is 2.63. The average molecular weight is 405 g/mol. The Morgan fingerprint density at radius 3 is 2.15 bits per heavy atom. The standard InChI is InChI=1S/C20H20O5S2/c1-19(2)24-17(22)20(18(23)25-19)11-13(16-26-8-9-27-16)15(21)10-14(20)12-6-4-3-5-7-12/h3-7,14H,8-11H2,1-2H3. The first-order chi connectivity index (χ1) is 12.8. The lowest BCUT2D eigenvalue weighted by atomic mass is 9.61. The smallest absolute Gasteiger partial charge is 0.327 e. The van der Waals surface area contributed by atoms with E-state index in [2.05, 4.69) is 0 Å². The van der Waals surface area contributed by atoms with E-state index in [1.54, 1.807) is 37.4 Å². The third-order valence-corrected chi connectivity index (χ3v) is 7.98. The van der Waals surface area contributed by atoms with Gasteiger partial charge in [0.15, 0.2) is 11.2 Å². The average Bonchev–Trinajstić information content (AvgIpc) is 3.14. The molecule has 1 spiro atoms. The van der Waals surface area contributed by atoms with E-state index in [0.29, 0.717) is 5.57 Å². The number of allylic oxidation sites excluding steroid dienone is 1. The number of ketones is 1. The summed E-state index contributed by atoms with van der Waals surface area (Å²) in [5.41, 5.74) is -0.171. The van der Waals surface area contributed by atoms with Crippen molar-refractivity contribution in [1.29, 1.82) is 0 Å². The van der Waals surface area contributed by atoms with Gasteiger partial charge in [-0.3, -0.25) is 14.4 Å². The Bertz CT molecular complexity index is 815. The second-order valence-corrected chi connectivity index (χ2v) is 9.85. The number of hydrogen-bond acceptors (Lipinski definition) is 7. The summed E-state index contributed by atoms with van der Waals surface area (Å²) in [6.45, 7) is 3.09. The van der Waals surface area contributed by atoms with Crippen LogP contribution in [0.5, 0.6) is 0 Å². The van der Waals surface area contributed by atoms with Crippen molar-refractivity contribution < 1.29 is 23.9 Å². The molecular formula is C20H20O5S2. The van der Waals surface area contributed by atoms with Crippen LogP contribution in [-0.4, -0.2) is 35.0 Å². The van der Waals surface area contributed by atoms with Gasteiger partial charge in [0.2, 0.25) is 0 Å². The molecule has 1 aliphatic carbocycles. The number of esters is 2.